The van der Waals surface area contributed by atoms with Gasteiger partial charge in [-0.05, 0) is 38.1 Å². The third-order valence-electron chi connectivity index (χ3n) is 4.36. The number of hydrogen-bond acceptors (Lipinski definition) is 3. The first kappa shape index (κ1) is 12.5. The molecule has 0 radical (unpaired) electrons. The van der Waals surface area contributed by atoms with Gasteiger partial charge in [-0.2, -0.15) is 0 Å². The van der Waals surface area contributed by atoms with Crippen molar-refractivity contribution >= 4 is 16.7 Å². The molecule has 4 nitrogen and oxygen atoms in total. The molecule has 1 aromatic carbocycles. The Kier molecular flexibility index (Phi) is 3.19. The van der Waals surface area contributed by atoms with E-state index in [2.05, 4.69) is 33.8 Å². The van der Waals surface area contributed by atoms with Crippen LogP contribution in [0.4, 0.5) is 5.69 Å². The van der Waals surface area contributed by atoms with Crippen LogP contribution in [0.5, 0.6) is 0 Å². The van der Waals surface area contributed by atoms with Crippen molar-refractivity contribution in [3.05, 3.63) is 24.5 Å². The average Bonchev–Trinajstić information content (AvgIpc) is 2.74. The molecule has 0 atom stereocenters. The van der Waals surface area contributed by atoms with Crippen LogP contribution in [0, 0.1) is 5.41 Å². The number of aromatic nitrogens is 2. The second kappa shape index (κ2) is 4.85. The zero-order valence-electron chi connectivity index (χ0n) is 11.7. The van der Waals surface area contributed by atoms with Gasteiger partial charge in [0.25, 0.3) is 0 Å². The summed E-state index contributed by atoms with van der Waals surface area (Å²) < 4.78 is 2.05. The molecule has 0 unspecified atom stereocenters. The lowest BCUT2D eigenvalue weighted by Crippen LogP contribution is -2.44. The monoisotopic (exact) mass is 258 g/mol. The highest BCUT2D eigenvalue weighted by Gasteiger charge is 2.35. The molecule has 1 aliphatic carbocycles. The molecule has 2 N–H and O–H groups in total. The zero-order chi connectivity index (χ0) is 13.3. The molecule has 0 bridgehead atoms. The Morgan fingerprint density at radius 1 is 1.32 bits per heavy atom. The number of nitrogens with zero attached hydrogens (tertiary/aromatic N) is 2. The molecular formula is C15H22N4. The summed E-state index contributed by atoms with van der Waals surface area (Å²) >= 11 is 0. The van der Waals surface area contributed by atoms with Crippen molar-refractivity contribution in [2.24, 2.45) is 12.5 Å². The number of rotatable bonds is 5. The van der Waals surface area contributed by atoms with Crippen molar-refractivity contribution in [1.29, 1.82) is 0 Å². The van der Waals surface area contributed by atoms with Gasteiger partial charge >= 0.3 is 0 Å². The molecular weight excluding hydrogens is 236 g/mol. The second-order valence-corrected chi connectivity index (χ2v) is 5.80. The summed E-state index contributed by atoms with van der Waals surface area (Å²) in [6.45, 7) is 2.15. The normalized spacial score (nSPS) is 17.4. The van der Waals surface area contributed by atoms with Gasteiger partial charge in [0, 0.05) is 31.2 Å². The molecule has 0 spiro atoms. The van der Waals surface area contributed by atoms with Gasteiger partial charge < -0.3 is 15.2 Å². The smallest absolute Gasteiger partial charge is 0.0955 e. The first-order chi connectivity index (χ1) is 9.22. The Labute approximate surface area is 114 Å². The predicted molar refractivity (Wildman–Crippen MR) is 79.4 cm³/mol. The standard InChI is InChI=1S/C15H22N4/c1-16-9-15(6-3-7-15)10-17-12-4-5-14-13(8-12)18-11-19(14)2/h4-5,8,11,16-17H,3,6-7,9-10H2,1-2H3. The fourth-order valence-corrected chi connectivity index (χ4v) is 3.00. The topological polar surface area (TPSA) is 41.9 Å². The summed E-state index contributed by atoms with van der Waals surface area (Å²) in [5.74, 6) is 0. The number of nitrogens with one attached hydrogen (secondary N) is 2. The maximum Gasteiger partial charge on any atom is 0.0955 e. The Hall–Kier alpha value is -1.55. The van der Waals surface area contributed by atoms with Gasteiger partial charge in [-0.1, -0.05) is 6.42 Å². The van der Waals surface area contributed by atoms with E-state index in [-0.39, 0.29) is 0 Å². The highest BCUT2D eigenvalue weighted by Crippen LogP contribution is 2.40. The predicted octanol–water partition coefficient (Wildman–Crippen LogP) is 2.37. The van der Waals surface area contributed by atoms with E-state index in [4.69, 9.17) is 0 Å². The molecule has 0 aliphatic heterocycles. The maximum atomic E-state index is 4.40. The minimum Gasteiger partial charge on any atom is -0.384 e. The van der Waals surface area contributed by atoms with E-state index in [0.717, 1.165) is 18.6 Å². The molecule has 0 saturated heterocycles. The highest BCUT2D eigenvalue weighted by molar-refractivity contribution is 5.79. The van der Waals surface area contributed by atoms with Gasteiger partial charge in [0.2, 0.25) is 0 Å². The van der Waals surface area contributed by atoms with Crippen LogP contribution in [-0.2, 0) is 7.05 Å². The van der Waals surface area contributed by atoms with E-state index < -0.39 is 0 Å². The van der Waals surface area contributed by atoms with Gasteiger partial charge in [-0.25, -0.2) is 4.98 Å². The Bertz CT molecular complexity index is 569. The van der Waals surface area contributed by atoms with Crippen LogP contribution in [0.2, 0.25) is 0 Å². The van der Waals surface area contributed by atoms with E-state index >= 15 is 0 Å². The van der Waals surface area contributed by atoms with Gasteiger partial charge in [0.1, 0.15) is 0 Å². The van der Waals surface area contributed by atoms with Crippen LogP contribution in [0.15, 0.2) is 24.5 Å². The van der Waals surface area contributed by atoms with E-state index in [1.807, 2.05) is 25.0 Å². The Morgan fingerprint density at radius 3 is 2.84 bits per heavy atom. The Balaban J connectivity index is 1.71. The second-order valence-electron chi connectivity index (χ2n) is 5.80. The van der Waals surface area contributed by atoms with Crippen molar-refractivity contribution in [2.45, 2.75) is 19.3 Å². The van der Waals surface area contributed by atoms with Crippen molar-refractivity contribution in [2.75, 3.05) is 25.5 Å². The van der Waals surface area contributed by atoms with E-state index in [1.165, 1.54) is 30.5 Å². The quantitative estimate of drug-likeness (QED) is 0.865. The Morgan fingerprint density at radius 2 is 2.16 bits per heavy atom. The number of hydrogen-bond donors (Lipinski definition) is 2. The summed E-state index contributed by atoms with van der Waals surface area (Å²) in [4.78, 5) is 4.40. The first-order valence-corrected chi connectivity index (χ1v) is 7.02. The summed E-state index contributed by atoms with van der Waals surface area (Å²) in [6, 6.07) is 6.42. The maximum absolute atomic E-state index is 4.40. The molecule has 2 aromatic rings. The van der Waals surface area contributed by atoms with Gasteiger partial charge in [-0.15, -0.1) is 0 Å². The SMILES string of the molecule is CNCC1(CNc2ccc3c(c2)ncn3C)CCC1. The third-order valence-corrected chi connectivity index (χ3v) is 4.36. The molecule has 1 aliphatic rings. The molecule has 102 valence electrons. The average molecular weight is 258 g/mol. The third kappa shape index (κ3) is 2.32. The van der Waals surface area contributed by atoms with Crippen molar-refractivity contribution < 1.29 is 0 Å². The van der Waals surface area contributed by atoms with Crippen LogP contribution in [-0.4, -0.2) is 29.7 Å². The van der Waals surface area contributed by atoms with Crippen molar-refractivity contribution in [3.8, 4) is 0 Å². The van der Waals surface area contributed by atoms with E-state index in [9.17, 15) is 0 Å². The largest absolute Gasteiger partial charge is 0.384 e. The lowest BCUT2D eigenvalue weighted by molar-refractivity contribution is 0.151. The molecule has 1 heterocycles. The van der Waals surface area contributed by atoms with Crippen LogP contribution in [0.1, 0.15) is 19.3 Å². The fraction of sp³-hybridized carbons (Fsp3) is 0.533. The van der Waals surface area contributed by atoms with Crippen LogP contribution in [0.25, 0.3) is 11.0 Å². The zero-order valence-corrected chi connectivity index (χ0v) is 11.7. The van der Waals surface area contributed by atoms with Crippen molar-refractivity contribution in [3.63, 3.8) is 0 Å². The van der Waals surface area contributed by atoms with Crippen molar-refractivity contribution in [1.82, 2.24) is 14.9 Å². The lowest BCUT2D eigenvalue weighted by atomic mass is 9.68. The molecule has 1 fully saturated rings. The van der Waals surface area contributed by atoms with Gasteiger partial charge in [0.15, 0.2) is 0 Å². The van der Waals surface area contributed by atoms with E-state index in [1.54, 1.807) is 0 Å². The number of anilines is 1. The molecule has 4 heteroatoms. The molecule has 19 heavy (non-hydrogen) atoms. The summed E-state index contributed by atoms with van der Waals surface area (Å²) in [5, 5.41) is 6.91. The molecule has 3 rings (SSSR count). The highest BCUT2D eigenvalue weighted by atomic mass is 15.0. The van der Waals surface area contributed by atoms with Crippen LogP contribution < -0.4 is 10.6 Å². The molecule has 0 amide bonds. The fourth-order valence-electron chi connectivity index (χ4n) is 3.00. The number of fused-ring (bicyclic) bond motifs is 1. The first-order valence-electron chi connectivity index (χ1n) is 7.02. The summed E-state index contributed by atoms with van der Waals surface area (Å²) in [5.41, 5.74) is 3.87. The van der Waals surface area contributed by atoms with E-state index in [0.29, 0.717) is 5.41 Å². The minimum atomic E-state index is 0.452. The van der Waals surface area contributed by atoms with Gasteiger partial charge in [-0.3, -0.25) is 0 Å². The summed E-state index contributed by atoms with van der Waals surface area (Å²) in [6.07, 6.45) is 5.88. The minimum absolute atomic E-state index is 0.452. The number of imidazole rings is 1. The summed E-state index contributed by atoms with van der Waals surface area (Å²) in [7, 11) is 4.07. The van der Waals surface area contributed by atoms with Crippen LogP contribution >= 0.6 is 0 Å². The van der Waals surface area contributed by atoms with Gasteiger partial charge in [0.05, 0.1) is 17.4 Å². The molecule has 1 aromatic heterocycles. The molecule has 1 saturated carbocycles. The number of benzene rings is 1. The van der Waals surface area contributed by atoms with Crippen LogP contribution in [0.3, 0.4) is 0 Å². The lowest BCUT2D eigenvalue weighted by Gasteiger charge is -2.42. The number of aryl methyl sites for hydroxylation is 1.